The molecule has 2 aliphatic rings. The third-order valence-electron chi connectivity index (χ3n) is 5.50. The number of hydrogen-bond donors (Lipinski definition) is 2. The van der Waals surface area contributed by atoms with Gasteiger partial charge in [0.05, 0.1) is 12.1 Å². The van der Waals surface area contributed by atoms with Crippen LogP contribution < -0.4 is 5.32 Å². The van der Waals surface area contributed by atoms with Crippen LogP contribution in [0, 0.1) is 11.8 Å². The second-order valence-corrected chi connectivity index (χ2v) is 7.27. The molecule has 0 aromatic heterocycles. The first kappa shape index (κ1) is 17.4. The van der Waals surface area contributed by atoms with Crippen molar-refractivity contribution in [3.05, 3.63) is 35.9 Å². The van der Waals surface area contributed by atoms with Crippen LogP contribution in [0.5, 0.6) is 0 Å². The average molecular weight is 331 g/mol. The first-order chi connectivity index (χ1) is 11.7. The van der Waals surface area contributed by atoms with E-state index < -0.39 is 0 Å². The summed E-state index contributed by atoms with van der Waals surface area (Å²) in [6.45, 7) is 1.67. The normalized spacial score (nSPS) is 26.7. The van der Waals surface area contributed by atoms with Gasteiger partial charge in [-0.15, -0.1) is 0 Å². The fourth-order valence-electron chi connectivity index (χ4n) is 3.91. The second kappa shape index (κ2) is 8.63. The number of carbonyl (C=O) groups excluding carboxylic acids is 1. The summed E-state index contributed by atoms with van der Waals surface area (Å²) >= 11 is 0. The van der Waals surface area contributed by atoms with Crippen molar-refractivity contribution in [3.63, 3.8) is 0 Å². The second-order valence-electron chi connectivity index (χ2n) is 7.27. The Bertz CT molecular complexity index is 505. The Hall–Kier alpha value is -1.39. The molecule has 1 aromatic carbocycles. The smallest absolute Gasteiger partial charge is 0.223 e. The number of nitrogens with one attached hydrogen (secondary N) is 1. The maximum absolute atomic E-state index is 12.7. The molecule has 1 amide bonds. The molecule has 3 rings (SSSR count). The van der Waals surface area contributed by atoms with Gasteiger partial charge in [-0.25, -0.2) is 0 Å². The molecule has 1 saturated carbocycles. The van der Waals surface area contributed by atoms with Crippen LogP contribution in [0.25, 0.3) is 0 Å². The Labute approximate surface area is 144 Å². The highest BCUT2D eigenvalue weighted by atomic mass is 16.5. The van der Waals surface area contributed by atoms with Crippen LogP contribution in [0.4, 0.5) is 0 Å². The topological polar surface area (TPSA) is 58.6 Å². The summed E-state index contributed by atoms with van der Waals surface area (Å²) in [5.74, 6) is 0.814. The van der Waals surface area contributed by atoms with Gasteiger partial charge in [-0.2, -0.15) is 0 Å². The summed E-state index contributed by atoms with van der Waals surface area (Å²) < 4.78 is 5.46. The lowest BCUT2D eigenvalue weighted by atomic mass is 9.85. The standard InChI is InChI=1S/C20H29NO3/c22-18-8-6-17(7-9-18)20(23)21-19(16-4-2-1-3-5-16)14-15-10-12-24-13-11-15/h1-5,15,17-19,22H,6-14H2,(H,21,23)/t17?,18?,19-/m0/s1. The van der Waals surface area contributed by atoms with Gasteiger partial charge in [0.15, 0.2) is 0 Å². The zero-order valence-electron chi connectivity index (χ0n) is 14.3. The van der Waals surface area contributed by atoms with Gasteiger partial charge in [0.25, 0.3) is 0 Å². The summed E-state index contributed by atoms with van der Waals surface area (Å²) in [5, 5.41) is 12.9. The summed E-state index contributed by atoms with van der Waals surface area (Å²) in [6, 6.07) is 10.4. The lowest BCUT2D eigenvalue weighted by molar-refractivity contribution is -0.127. The number of ether oxygens (including phenoxy) is 1. The molecular formula is C20H29NO3. The summed E-state index contributed by atoms with van der Waals surface area (Å²) in [6.07, 6.45) is 6.00. The van der Waals surface area contributed by atoms with Crippen LogP contribution in [0.1, 0.15) is 56.6 Å². The van der Waals surface area contributed by atoms with Crippen LogP contribution in [-0.4, -0.2) is 30.3 Å². The van der Waals surface area contributed by atoms with Gasteiger partial charge in [-0.3, -0.25) is 4.79 Å². The Balaban J connectivity index is 1.64. The van der Waals surface area contributed by atoms with E-state index in [1.54, 1.807) is 0 Å². The molecule has 0 unspecified atom stereocenters. The van der Waals surface area contributed by atoms with E-state index in [0.717, 1.165) is 58.2 Å². The number of rotatable bonds is 5. The molecule has 2 fully saturated rings. The molecule has 1 aliphatic heterocycles. The summed E-state index contributed by atoms with van der Waals surface area (Å²) in [4.78, 5) is 12.7. The monoisotopic (exact) mass is 331 g/mol. The first-order valence-electron chi connectivity index (χ1n) is 9.33. The number of amides is 1. The van der Waals surface area contributed by atoms with E-state index in [1.807, 2.05) is 18.2 Å². The minimum Gasteiger partial charge on any atom is -0.393 e. The van der Waals surface area contributed by atoms with E-state index in [9.17, 15) is 9.90 Å². The molecule has 1 saturated heterocycles. The van der Waals surface area contributed by atoms with E-state index in [-0.39, 0.29) is 24.0 Å². The van der Waals surface area contributed by atoms with Crippen LogP contribution >= 0.6 is 0 Å². The fraction of sp³-hybridized carbons (Fsp3) is 0.650. The molecule has 24 heavy (non-hydrogen) atoms. The molecule has 4 nitrogen and oxygen atoms in total. The molecule has 1 aromatic rings. The molecule has 1 heterocycles. The number of carbonyl (C=O) groups is 1. The van der Waals surface area contributed by atoms with E-state index >= 15 is 0 Å². The van der Waals surface area contributed by atoms with E-state index in [4.69, 9.17) is 4.74 Å². The molecule has 0 spiro atoms. The van der Waals surface area contributed by atoms with Crippen molar-refractivity contribution in [2.24, 2.45) is 11.8 Å². The van der Waals surface area contributed by atoms with Gasteiger partial charge in [-0.05, 0) is 56.4 Å². The number of aliphatic hydroxyl groups is 1. The molecule has 2 N–H and O–H groups in total. The molecule has 0 bridgehead atoms. The van der Waals surface area contributed by atoms with Crippen molar-refractivity contribution in [1.82, 2.24) is 5.32 Å². The SMILES string of the molecule is O=C(N[C@@H](CC1CCOCC1)c1ccccc1)C1CCC(O)CC1. The lowest BCUT2D eigenvalue weighted by Gasteiger charge is -2.30. The predicted molar refractivity (Wildman–Crippen MR) is 93.5 cm³/mol. The van der Waals surface area contributed by atoms with Gasteiger partial charge in [0, 0.05) is 19.1 Å². The Morgan fingerprint density at radius 3 is 2.42 bits per heavy atom. The Kier molecular flexibility index (Phi) is 6.27. The van der Waals surface area contributed by atoms with Crippen molar-refractivity contribution in [3.8, 4) is 0 Å². The average Bonchev–Trinajstić information content (AvgIpc) is 2.63. The minimum atomic E-state index is -0.221. The molecular weight excluding hydrogens is 302 g/mol. The maximum Gasteiger partial charge on any atom is 0.223 e. The molecule has 4 heteroatoms. The molecule has 0 radical (unpaired) electrons. The Morgan fingerprint density at radius 1 is 1.08 bits per heavy atom. The summed E-state index contributed by atoms with van der Waals surface area (Å²) in [7, 11) is 0. The van der Waals surface area contributed by atoms with Crippen LogP contribution in [0.2, 0.25) is 0 Å². The number of aliphatic hydroxyl groups excluding tert-OH is 1. The van der Waals surface area contributed by atoms with Gasteiger partial charge in [0.1, 0.15) is 0 Å². The maximum atomic E-state index is 12.7. The molecule has 132 valence electrons. The van der Waals surface area contributed by atoms with E-state index in [2.05, 4.69) is 17.4 Å². The van der Waals surface area contributed by atoms with Crippen molar-refractivity contribution in [2.45, 2.75) is 57.1 Å². The highest BCUT2D eigenvalue weighted by molar-refractivity contribution is 5.79. The third-order valence-corrected chi connectivity index (χ3v) is 5.50. The van der Waals surface area contributed by atoms with Gasteiger partial charge in [-0.1, -0.05) is 30.3 Å². The molecule has 1 atom stereocenters. The fourth-order valence-corrected chi connectivity index (χ4v) is 3.91. The predicted octanol–water partition coefficient (Wildman–Crippen LogP) is 3.21. The quantitative estimate of drug-likeness (QED) is 0.871. The van der Waals surface area contributed by atoms with Crippen molar-refractivity contribution in [2.75, 3.05) is 13.2 Å². The minimum absolute atomic E-state index is 0.0503. The summed E-state index contributed by atoms with van der Waals surface area (Å²) in [5.41, 5.74) is 1.19. The first-order valence-corrected chi connectivity index (χ1v) is 9.33. The highest BCUT2D eigenvalue weighted by Gasteiger charge is 2.28. The third kappa shape index (κ3) is 4.81. The zero-order valence-corrected chi connectivity index (χ0v) is 14.3. The highest BCUT2D eigenvalue weighted by Crippen LogP contribution is 2.30. The number of hydrogen-bond acceptors (Lipinski definition) is 3. The van der Waals surface area contributed by atoms with E-state index in [1.165, 1.54) is 5.56 Å². The molecule has 1 aliphatic carbocycles. The lowest BCUT2D eigenvalue weighted by Crippen LogP contribution is -2.37. The van der Waals surface area contributed by atoms with Crippen molar-refractivity contribution < 1.29 is 14.6 Å². The number of benzene rings is 1. The van der Waals surface area contributed by atoms with Gasteiger partial charge in [0.2, 0.25) is 5.91 Å². The van der Waals surface area contributed by atoms with Gasteiger partial charge < -0.3 is 15.2 Å². The largest absolute Gasteiger partial charge is 0.393 e. The Morgan fingerprint density at radius 2 is 1.75 bits per heavy atom. The zero-order chi connectivity index (χ0) is 16.8. The van der Waals surface area contributed by atoms with Crippen molar-refractivity contribution in [1.29, 1.82) is 0 Å². The van der Waals surface area contributed by atoms with E-state index in [0.29, 0.717) is 5.92 Å². The van der Waals surface area contributed by atoms with Crippen LogP contribution in [0.3, 0.4) is 0 Å². The van der Waals surface area contributed by atoms with Gasteiger partial charge >= 0.3 is 0 Å². The van der Waals surface area contributed by atoms with Crippen molar-refractivity contribution >= 4 is 5.91 Å². The van der Waals surface area contributed by atoms with Crippen LogP contribution in [0.15, 0.2) is 30.3 Å². The van der Waals surface area contributed by atoms with Crippen LogP contribution in [-0.2, 0) is 9.53 Å².